The van der Waals surface area contributed by atoms with Crippen LogP contribution in [-0.2, 0) is 0 Å². The predicted molar refractivity (Wildman–Crippen MR) is 136 cm³/mol. The molecule has 34 heavy (non-hydrogen) atoms. The van der Waals surface area contributed by atoms with Gasteiger partial charge in [0.1, 0.15) is 5.82 Å². The van der Waals surface area contributed by atoms with Crippen LogP contribution in [0, 0.1) is 24.6 Å². The monoisotopic (exact) mass is 467 g/mol. The smallest absolute Gasteiger partial charge is 0.319 e. The van der Waals surface area contributed by atoms with E-state index in [2.05, 4.69) is 22.5 Å². The lowest BCUT2D eigenvalue weighted by Crippen LogP contribution is -2.37. The summed E-state index contributed by atoms with van der Waals surface area (Å²) in [7, 11) is 0. The number of hydrogen-bond acceptors (Lipinski definition) is 3. The van der Waals surface area contributed by atoms with Gasteiger partial charge >= 0.3 is 6.03 Å². The summed E-state index contributed by atoms with van der Waals surface area (Å²) in [4.78, 5) is 27.2. The first-order valence-corrected chi connectivity index (χ1v) is 12.6. The lowest BCUT2D eigenvalue weighted by atomic mass is 9.88. The Balaban J connectivity index is 1.29. The number of carbonyl (C=O) groups is 2. The minimum atomic E-state index is -0.307. The number of nitrogens with one attached hydrogen (secondary N) is 2. The van der Waals surface area contributed by atoms with Gasteiger partial charge in [0.25, 0.3) is 0 Å². The van der Waals surface area contributed by atoms with Gasteiger partial charge in [-0.2, -0.15) is 0 Å². The summed E-state index contributed by atoms with van der Waals surface area (Å²) >= 11 is 0. The second kappa shape index (κ2) is 13.2. The fourth-order valence-corrected chi connectivity index (χ4v) is 4.59. The van der Waals surface area contributed by atoms with Crippen molar-refractivity contribution in [2.45, 2.75) is 52.4 Å². The van der Waals surface area contributed by atoms with Crippen LogP contribution in [0.4, 0.5) is 14.9 Å². The zero-order valence-electron chi connectivity index (χ0n) is 20.5. The Morgan fingerprint density at radius 3 is 2.35 bits per heavy atom. The second-order valence-electron chi connectivity index (χ2n) is 9.44. The molecule has 0 aliphatic carbocycles. The number of halogens is 1. The van der Waals surface area contributed by atoms with Crippen molar-refractivity contribution in [3.05, 3.63) is 65.5 Å². The predicted octanol–water partition coefficient (Wildman–Crippen LogP) is 6.05. The van der Waals surface area contributed by atoms with Gasteiger partial charge in [-0.3, -0.25) is 4.79 Å². The molecule has 2 aromatic carbocycles. The molecule has 0 bridgehead atoms. The first-order chi connectivity index (χ1) is 16.4. The van der Waals surface area contributed by atoms with Crippen LogP contribution in [0.1, 0.15) is 61.4 Å². The number of nitrogens with zero attached hydrogens (tertiary/aromatic N) is 1. The Morgan fingerprint density at radius 2 is 1.71 bits per heavy atom. The van der Waals surface area contributed by atoms with Crippen LogP contribution in [0.2, 0.25) is 0 Å². The lowest BCUT2D eigenvalue weighted by Gasteiger charge is -2.32. The SMILES string of the molecule is CCC(CCCNC(=O)Nc1ccc(C)cc1)CCN1CCC(C(=O)c2ccc(F)cc2)CC1. The van der Waals surface area contributed by atoms with Gasteiger partial charge in [-0.1, -0.05) is 31.0 Å². The van der Waals surface area contributed by atoms with Crippen molar-refractivity contribution in [1.82, 2.24) is 10.2 Å². The van der Waals surface area contributed by atoms with Crippen molar-refractivity contribution >= 4 is 17.5 Å². The Morgan fingerprint density at radius 1 is 1.03 bits per heavy atom. The molecule has 1 aliphatic heterocycles. The van der Waals surface area contributed by atoms with E-state index in [1.54, 1.807) is 12.1 Å². The molecule has 1 atom stereocenters. The molecule has 0 radical (unpaired) electrons. The highest BCUT2D eigenvalue weighted by atomic mass is 19.1. The molecule has 5 nitrogen and oxygen atoms in total. The quantitative estimate of drug-likeness (QED) is 0.312. The number of amides is 2. The maximum absolute atomic E-state index is 13.1. The molecule has 1 heterocycles. The van der Waals surface area contributed by atoms with Gasteiger partial charge in [-0.25, -0.2) is 9.18 Å². The molecule has 0 aromatic heterocycles. The minimum absolute atomic E-state index is 0.0424. The van der Waals surface area contributed by atoms with Crippen LogP contribution in [0.25, 0.3) is 0 Å². The Bertz CT molecular complexity index is 906. The van der Waals surface area contributed by atoms with E-state index in [9.17, 15) is 14.0 Å². The Labute approximate surface area is 203 Å². The minimum Gasteiger partial charge on any atom is -0.338 e. The molecule has 184 valence electrons. The zero-order chi connectivity index (χ0) is 24.3. The van der Waals surface area contributed by atoms with Crippen molar-refractivity contribution in [2.24, 2.45) is 11.8 Å². The first kappa shape index (κ1) is 25.9. The van der Waals surface area contributed by atoms with Crippen LogP contribution in [0.5, 0.6) is 0 Å². The molecule has 3 rings (SSSR count). The summed E-state index contributed by atoms with van der Waals surface area (Å²) in [6, 6.07) is 13.5. The summed E-state index contributed by atoms with van der Waals surface area (Å²) < 4.78 is 13.1. The maximum atomic E-state index is 13.1. The third-order valence-corrected chi connectivity index (χ3v) is 6.90. The van der Waals surface area contributed by atoms with Crippen molar-refractivity contribution < 1.29 is 14.0 Å². The van der Waals surface area contributed by atoms with E-state index in [1.807, 2.05) is 31.2 Å². The third-order valence-electron chi connectivity index (χ3n) is 6.90. The number of rotatable bonds is 11. The van der Waals surface area contributed by atoms with E-state index in [0.29, 0.717) is 18.0 Å². The van der Waals surface area contributed by atoms with Crippen LogP contribution in [0.3, 0.4) is 0 Å². The Hall–Kier alpha value is -2.73. The molecular weight excluding hydrogens is 429 g/mol. The zero-order valence-corrected chi connectivity index (χ0v) is 20.5. The van der Waals surface area contributed by atoms with Crippen molar-refractivity contribution in [2.75, 3.05) is 31.5 Å². The molecule has 1 aliphatic rings. The maximum Gasteiger partial charge on any atom is 0.319 e. The number of benzene rings is 2. The number of aryl methyl sites for hydroxylation is 1. The van der Waals surface area contributed by atoms with E-state index in [4.69, 9.17) is 0 Å². The first-order valence-electron chi connectivity index (χ1n) is 12.6. The van der Waals surface area contributed by atoms with Crippen LogP contribution in [-0.4, -0.2) is 42.9 Å². The number of Topliss-reactive ketones (excluding diaryl/α,β-unsaturated/α-hetero) is 1. The number of carbonyl (C=O) groups excluding carboxylic acids is 2. The second-order valence-corrected chi connectivity index (χ2v) is 9.44. The van der Waals surface area contributed by atoms with Gasteiger partial charge in [0.15, 0.2) is 5.78 Å². The summed E-state index contributed by atoms with van der Waals surface area (Å²) in [5.41, 5.74) is 2.59. The van der Waals surface area contributed by atoms with Crippen LogP contribution < -0.4 is 10.6 Å². The lowest BCUT2D eigenvalue weighted by molar-refractivity contribution is 0.0834. The number of likely N-dealkylation sites (tertiary alicyclic amines) is 1. The van der Waals surface area contributed by atoms with Gasteiger partial charge in [0.2, 0.25) is 0 Å². The van der Waals surface area contributed by atoms with Crippen LogP contribution in [0.15, 0.2) is 48.5 Å². The van der Waals surface area contributed by atoms with Crippen molar-refractivity contribution in [3.8, 4) is 0 Å². The van der Waals surface area contributed by atoms with Gasteiger partial charge < -0.3 is 15.5 Å². The molecule has 2 aromatic rings. The molecule has 1 fully saturated rings. The Kier molecular flexibility index (Phi) is 10.1. The average molecular weight is 468 g/mol. The summed E-state index contributed by atoms with van der Waals surface area (Å²) in [5, 5.41) is 5.82. The van der Waals surface area contributed by atoms with E-state index in [0.717, 1.165) is 63.8 Å². The van der Waals surface area contributed by atoms with E-state index in [1.165, 1.54) is 17.7 Å². The van der Waals surface area contributed by atoms with E-state index in [-0.39, 0.29) is 23.5 Å². The number of urea groups is 1. The van der Waals surface area contributed by atoms with Gasteiger partial charge in [-0.05, 0) is 101 Å². The molecule has 2 amide bonds. The molecule has 0 spiro atoms. The highest BCUT2D eigenvalue weighted by Crippen LogP contribution is 2.23. The number of ketones is 1. The van der Waals surface area contributed by atoms with Gasteiger partial charge in [-0.15, -0.1) is 0 Å². The summed E-state index contributed by atoms with van der Waals surface area (Å²) in [6.07, 6.45) is 6.08. The van der Waals surface area contributed by atoms with E-state index >= 15 is 0 Å². The highest BCUT2D eigenvalue weighted by molar-refractivity contribution is 5.97. The van der Waals surface area contributed by atoms with Crippen molar-refractivity contribution in [3.63, 3.8) is 0 Å². The topological polar surface area (TPSA) is 61.4 Å². The van der Waals surface area contributed by atoms with Gasteiger partial charge in [0.05, 0.1) is 0 Å². The molecular formula is C28H38FN3O2. The highest BCUT2D eigenvalue weighted by Gasteiger charge is 2.26. The number of piperidine rings is 1. The fraction of sp³-hybridized carbons (Fsp3) is 0.500. The normalized spacial score (nSPS) is 15.6. The van der Waals surface area contributed by atoms with Crippen molar-refractivity contribution in [1.29, 1.82) is 0 Å². The fourth-order valence-electron chi connectivity index (χ4n) is 4.59. The average Bonchev–Trinajstić information content (AvgIpc) is 2.85. The summed E-state index contributed by atoms with van der Waals surface area (Å²) in [5.74, 6) is 0.518. The largest absolute Gasteiger partial charge is 0.338 e. The standard InChI is InChI=1S/C28H38FN3O2/c1-3-22(5-4-17-30-28(34)31-26-12-6-21(2)7-13-26)14-18-32-19-15-24(16-20-32)27(33)23-8-10-25(29)11-9-23/h6-13,22,24H,3-5,14-20H2,1-2H3,(H2,30,31,34). The van der Waals surface area contributed by atoms with Gasteiger partial charge in [0, 0.05) is 23.7 Å². The molecule has 0 saturated carbocycles. The summed E-state index contributed by atoms with van der Waals surface area (Å²) in [6.45, 7) is 7.86. The number of anilines is 1. The van der Waals surface area contributed by atoms with E-state index < -0.39 is 0 Å². The molecule has 6 heteroatoms. The number of hydrogen-bond donors (Lipinski definition) is 2. The molecule has 1 saturated heterocycles. The molecule has 2 N–H and O–H groups in total. The molecule has 1 unspecified atom stereocenters. The van der Waals surface area contributed by atoms with Crippen LogP contribution >= 0.6 is 0 Å². The third kappa shape index (κ3) is 8.24.